The van der Waals surface area contributed by atoms with Crippen molar-refractivity contribution in [2.75, 3.05) is 25.6 Å². The number of amides is 1. The van der Waals surface area contributed by atoms with E-state index in [0.717, 1.165) is 27.2 Å². The molecule has 0 saturated carbocycles. The van der Waals surface area contributed by atoms with Crippen molar-refractivity contribution in [3.05, 3.63) is 81.3 Å². The Kier molecular flexibility index (Phi) is 6.86. The zero-order chi connectivity index (χ0) is 27.6. The molecular formula is C26H19N7O5S2. The van der Waals surface area contributed by atoms with E-state index in [1.165, 1.54) is 23.5 Å². The summed E-state index contributed by atoms with van der Waals surface area (Å²) in [6, 6.07) is 15.8. The fraction of sp³-hybridized carbons (Fsp3) is 0.115. The summed E-state index contributed by atoms with van der Waals surface area (Å²) >= 11 is 2.31. The number of thiophene rings is 1. The molecule has 0 aliphatic carbocycles. The molecule has 1 N–H and O–H groups in total. The lowest BCUT2D eigenvalue weighted by molar-refractivity contribution is -0.380. The van der Waals surface area contributed by atoms with Gasteiger partial charge in [0, 0.05) is 18.7 Å². The monoisotopic (exact) mass is 573 g/mol. The van der Waals surface area contributed by atoms with E-state index in [4.69, 9.17) is 14.5 Å². The molecule has 0 unspecified atom stereocenters. The second-order valence-electron chi connectivity index (χ2n) is 8.41. The molecule has 6 aromatic rings. The second kappa shape index (κ2) is 10.8. The highest BCUT2D eigenvalue weighted by molar-refractivity contribution is 7.17. The summed E-state index contributed by atoms with van der Waals surface area (Å²) in [5, 5.41) is 18.8. The normalized spacial score (nSPS) is 11.2. The molecule has 0 saturated heterocycles. The minimum atomic E-state index is -0.533. The molecule has 1 amide bonds. The van der Waals surface area contributed by atoms with Gasteiger partial charge in [0.1, 0.15) is 18.2 Å². The smallest absolute Gasteiger partial charge is 0.324 e. The lowest BCUT2D eigenvalue weighted by atomic mass is 10.2. The summed E-state index contributed by atoms with van der Waals surface area (Å²) in [5.74, 6) is 0.743. The molecule has 0 spiro atoms. The SMILES string of the molecule is COCCOc1ccc(-n2ncc3c(NC(=O)c4ccc([N+](=O)[O-])s4)nc(-c4ccc5scnc5c4)nc32)cc1. The number of aromatic nitrogens is 5. The third-order valence-electron chi connectivity index (χ3n) is 5.88. The molecule has 0 radical (unpaired) electrons. The van der Waals surface area contributed by atoms with Crippen LogP contribution in [0, 0.1) is 10.1 Å². The number of carbonyl (C=O) groups excluding carboxylic acids is 1. The molecule has 12 nitrogen and oxygen atoms in total. The first-order valence-corrected chi connectivity index (χ1v) is 13.6. The summed E-state index contributed by atoms with van der Waals surface area (Å²) in [7, 11) is 1.61. The quantitative estimate of drug-likeness (QED) is 0.137. The number of fused-ring (bicyclic) bond motifs is 2. The summed E-state index contributed by atoms with van der Waals surface area (Å²) in [5.41, 5.74) is 4.46. The topological polar surface area (TPSA) is 147 Å². The first-order valence-electron chi connectivity index (χ1n) is 11.9. The number of nitro groups is 1. The maximum absolute atomic E-state index is 13.1. The van der Waals surface area contributed by atoms with Gasteiger partial charge in [0.2, 0.25) is 0 Å². The van der Waals surface area contributed by atoms with Gasteiger partial charge in [-0.1, -0.05) is 11.3 Å². The minimum absolute atomic E-state index is 0.127. The molecule has 6 rings (SSSR count). The summed E-state index contributed by atoms with van der Waals surface area (Å²) in [6.07, 6.45) is 1.57. The molecule has 4 aromatic heterocycles. The Hall–Kier alpha value is -4.79. The van der Waals surface area contributed by atoms with Crippen LogP contribution in [0.5, 0.6) is 5.75 Å². The van der Waals surface area contributed by atoms with E-state index < -0.39 is 10.8 Å². The largest absolute Gasteiger partial charge is 0.491 e. The molecule has 4 heterocycles. The van der Waals surface area contributed by atoms with Crippen LogP contribution >= 0.6 is 22.7 Å². The number of rotatable bonds is 9. The Morgan fingerprint density at radius 2 is 1.95 bits per heavy atom. The Morgan fingerprint density at radius 1 is 1.10 bits per heavy atom. The van der Waals surface area contributed by atoms with E-state index in [9.17, 15) is 14.9 Å². The molecule has 14 heteroatoms. The molecule has 2 aromatic carbocycles. The number of methoxy groups -OCH3 is 1. The Balaban J connectivity index is 1.42. The van der Waals surface area contributed by atoms with Gasteiger partial charge in [-0.2, -0.15) is 5.10 Å². The van der Waals surface area contributed by atoms with Crippen LogP contribution in [0.4, 0.5) is 10.8 Å². The summed E-state index contributed by atoms with van der Waals surface area (Å²) < 4.78 is 13.4. The van der Waals surface area contributed by atoms with Crippen molar-refractivity contribution < 1.29 is 19.2 Å². The highest BCUT2D eigenvalue weighted by Crippen LogP contribution is 2.31. The van der Waals surface area contributed by atoms with Crippen LogP contribution in [0.1, 0.15) is 9.67 Å². The van der Waals surface area contributed by atoms with Crippen molar-refractivity contribution in [1.82, 2.24) is 24.7 Å². The number of nitrogens with zero attached hydrogens (tertiary/aromatic N) is 6. The number of carbonyl (C=O) groups is 1. The van der Waals surface area contributed by atoms with E-state index in [2.05, 4.69) is 20.4 Å². The third-order valence-corrected chi connectivity index (χ3v) is 7.73. The van der Waals surface area contributed by atoms with Crippen LogP contribution in [0.3, 0.4) is 0 Å². The lowest BCUT2D eigenvalue weighted by Gasteiger charge is -2.10. The van der Waals surface area contributed by atoms with Gasteiger partial charge in [-0.15, -0.1) is 11.3 Å². The number of ether oxygens (including phenoxy) is 2. The number of benzene rings is 2. The van der Waals surface area contributed by atoms with Gasteiger partial charge in [-0.3, -0.25) is 14.9 Å². The lowest BCUT2D eigenvalue weighted by Crippen LogP contribution is -2.12. The van der Waals surface area contributed by atoms with Gasteiger partial charge in [0.25, 0.3) is 5.91 Å². The predicted molar refractivity (Wildman–Crippen MR) is 152 cm³/mol. The van der Waals surface area contributed by atoms with Crippen LogP contribution in [0.25, 0.3) is 38.3 Å². The number of anilines is 1. The average molecular weight is 574 g/mol. The average Bonchev–Trinajstić information content (AvgIpc) is 3.73. The number of nitrogens with one attached hydrogen (secondary N) is 1. The van der Waals surface area contributed by atoms with Crippen molar-refractivity contribution in [3.63, 3.8) is 0 Å². The molecule has 0 fully saturated rings. The standard InChI is InChI=1S/C26H19N7O5S2/c1-37-10-11-38-17-5-3-16(4-6-17)32-25-18(13-28-32)24(31-26(34)21-8-9-22(40-21)33(35)36)29-23(30-25)15-2-7-20-19(12-15)27-14-39-20/h2-9,12-14H,10-11H2,1H3,(H,29,30,31,34). The molecule has 200 valence electrons. The van der Waals surface area contributed by atoms with Gasteiger partial charge in [0.05, 0.1) is 49.4 Å². The summed E-state index contributed by atoms with van der Waals surface area (Å²) in [6.45, 7) is 0.905. The fourth-order valence-electron chi connectivity index (χ4n) is 3.96. The maximum atomic E-state index is 13.1. The van der Waals surface area contributed by atoms with Gasteiger partial charge in [0.15, 0.2) is 11.5 Å². The fourth-order valence-corrected chi connectivity index (χ4v) is 5.34. The Labute approximate surface area is 234 Å². The van der Waals surface area contributed by atoms with E-state index in [0.29, 0.717) is 41.4 Å². The highest BCUT2D eigenvalue weighted by atomic mass is 32.1. The Bertz CT molecular complexity index is 1860. The Morgan fingerprint density at radius 3 is 2.73 bits per heavy atom. The molecule has 0 bridgehead atoms. The second-order valence-corrected chi connectivity index (χ2v) is 10.4. The first kappa shape index (κ1) is 25.5. The molecule has 0 aliphatic heterocycles. The third kappa shape index (κ3) is 4.98. The number of thiazole rings is 1. The van der Waals surface area contributed by atoms with Crippen molar-refractivity contribution in [2.45, 2.75) is 0 Å². The maximum Gasteiger partial charge on any atom is 0.324 e. The van der Waals surface area contributed by atoms with Gasteiger partial charge in [-0.05, 0) is 48.5 Å². The zero-order valence-electron chi connectivity index (χ0n) is 20.8. The van der Waals surface area contributed by atoms with E-state index in [-0.39, 0.29) is 15.7 Å². The van der Waals surface area contributed by atoms with Crippen molar-refractivity contribution in [2.24, 2.45) is 0 Å². The number of hydrogen-bond donors (Lipinski definition) is 1. The summed E-state index contributed by atoms with van der Waals surface area (Å²) in [4.78, 5) is 37.7. The highest BCUT2D eigenvalue weighted by Gasteiger charge is 2.20. The van der Waals surface area contributed by atoms with Crippen LogP contribution in [0.2, 0.25) is 0 Å². The van der Waals surface area contributed by atoms with Gasteiger partial charge >= 0.3 is 5.00 Å². The molecule has 0 aliphatic rings. The van der Waals surface area contributed by atoms with Gasteiger partial charge in [-0.25, -0.2) is 19.6 Å². The van der Waals surface area contributed by atoms with Crippen molar-refractivity contribution in [1.29, 1.82) is 0 Å². The van der Waals surface area contributed by atoms with E-state index in [1.807, 2.05) is 42.5 Å². The molecule has 0 atom stereocenters. The van der Waals surface area contributed by atoms with E-state index in [1.54, 1.807) is 23.5 Å². The van der Waals surface area contributed by atoms with Gasteiger partial charge < -0.3 is 14.8 Å². The van der Waals surface area contributed by atoms with Crippen LogP contribution in [-0.4, -0.2) is 55.9 Å². The number of hydrogen-bond acceptors (Lipinski definition) is 11. The van der Waals surface area contributed by atoms with E-state index >= 15 is 0 Å². The minimum Gasteiger partial charge on any atom is -0.491 e. The van der Waals surface area contributed by atoms with Crippen LogP contribution < -0.4 is 10.1 Å². The van der Waals surface area contributed by atoms with Crippen molar-refractivity contribution >= 4 is 60.6 Å². The first-order chi connectivity index (χ1) is 19.5. The molecule has 40 heavy (non-hydrogen) atoms. The van der Waals surface area contributed by atoms with Crippen LogP contribution in [0.15, 0.2) is 66.3 Å². The zero-order valence-corrected chi connectivity index (χ0v) is 22.4. The van der Waals surface area contributed by atoms with Crippen LogP contribution in [-0.2, 0) is 4.74 Å². The van der Waals surface area contributed by atoms with Crippen molar-refractivity contribution in [3.8, 4) is 22.8 Å². The molecular weight excluding hydrogens is 554 g/mol. The predicted octanol–water partition coefficient (Wildman–Crippen LogP) is 5.34.